The van der Waals surface area contributed by atoms with Crippen LogP contribution in [0.4, 0.5) is 0 Å². The first-order chi connectivity index (χ1) is 12.5. The molecule has 2 fully saturated rings. The number of nitrogens with two attached hydrogens (primary N) is 1. The van der Waals surface area contributed by atoms with Crippen LogP contribution in [-0.4, -0.2) is 39.3 Å². The zero-order chi connectivity index (χ0) is 18.3. The van der Waals surface area contributed by atoms with Crippen molar-refractivity contribution in [2.45, 2.75) is 51.0 Å². The molecule has 1 atom stereocenters. The van der Waals surface area contributed by atoms with Gasteiger partial charge in [-0.2, -0.15) is 0 Å². The van der Waals surface area contributed by atoms with Crippen LogP contribution in [0.1, 0.15) is 48.0 Å². The Hall–Kier alpha value is -2.28. The van der Waals surface area contributed by atoms with Crippen molar-refractivity contribution in [1.82, 2.24) is 14.9 Å². The molecule has 1 saturated carbocycles. The Morgan fingerprint density at radius 3 is 2.88 bits per heavy atom. The minimum absolute atomic E-state index is 0.0694. The van der Waals surface area contributed by atoms with Crippen LogP contribution in [-0.2, 0) is 16.0 Å². The number of amides is 2. The molecule has 7 heteroatoms. The van der Waals surface area contributed by atoms with Crippen molar-refractivity contribution in [3.05, 3.63) is 34.7 Å². The molecule has 2 aromatic rings. The van der Waals surface area contributed by atoms with Gasteiger partial charge < -0.3 is 10.6 Å². The zero-order valence-corrected chi connectivity index (χ0v) is 15.6. The number of thiazole rings is 1. The number of aromatic nitrogens is 2. The minimum atomic E-state index is -0.468. The van der Waals surface area contributed by atoms with Crippen molar-refractivity contribution in [3.8, 4) is 10.4 Å². The number of carbonyl (C=O) groups excluding carboxylic acids is 2. The molecule has 2 N–H and O–H groups in total. The van der Waals surface area contributed by atoms with Gasteiger partial charge in [0.05, 0.1) is 17.0 Å². The maximum Gasteiger partial charge on any atom is 0.240 e. The largest absolute Gasteiger partial charge is 0.368 e. The molecule has 1 aliphatic carbocycles. The highest BCUT2D eigenvalue weighted by Gasteiger charge is 2.33. The summed E-state index contributed by atoms with van der Waals surface area (Å²) < 4.78 is 0. The van der Waals surface area contributed by atoms with E-state index in [4.69, 9.17) is 5.73 Å². The molecule has 0 unspecified atom stereocenters. The Labute approximate surface area is 156 Å². The van der Waals surface area contributed by atoms with Gasteiger partial charge in [0.2, 0.25) is 11.8 Å². The zero-order valence-electron chi connectivity index (χ0n) is 14.8. The number of carbonyl (C=O) groups is 2. The van der Waals surface area contributed by atoms with E-state index in [0.717, 1.165) is 33.3 Å². The van der Waals surface area contributed by atoms with Crippen molar-refractivity contribution >= 4 is 23.2 Å². The van der Waals surface area contributed by atoms with Gasteiger partial charge >= 0.3 is 0 Å². The quantitative estimate of drug-likeness (QED) is 0.875. The van der Waals surface area contributed by atoms with Gasteiger partial charge in [-0.3, -0.25) is 14.6 Å². The number of primary amides is 1. The fourth-order valence-corrected chi connectivity index (χ4v) is 4.63. The lowest BCUT2D eigenvalue weighted by Crippen LogP contribution is -2.44. The predicted octanol–water partition coefficient (Wildman–Crippen LogP) is 2.41. The highest BCUT2D eigenvalue weighted by Crippen LogP contribution is 2.40. The Balaban J connectivity index is 1.52. The minimum Gasteiger partial charge on any atom is -0.368 e. The average molecular weight is 370 g/mol. The average Bonchev–Trinajstić information content (AvgIpc) is 3.23. The predicted molar refractivity (Wildman–Crippen MR) is 99.7 cm³/mol. The summed E-state index contributed by atoms with van der Waals surface area (Å²) in [6, 6.07) is 3.68. The number of rotatable bonds is 5. The smallest absolute Gasteiger partial charge is 0.240 e. The van der Waals surface area contributed by atoms with Crippen LogP contribution in [0, 0.1) is 6.92 Å². The van der Waals surface area contributed by atoms with Crippen molar-refractivity contribution in [2.24, 2.45) is 5.73 Å². The summed E-state index contributed by atoms with van der Waals surface area (Å²) in [6.45, 7) is 2.57. The van der Waals surface area contributed by atoms with E-state index in [-0.39, 0.29) is 12.3 Å². The second-order valence-corrected chi connectivity index (χ2v) is 8.17. The van der Waals surface area contributed by atoms with E-state index in [1.54, 1.807) is 16.2 Å². The molecular weight excluding hydrogens is 348 g/mol. The molecule has 6 nitrogen and oxygen atoms in total. The summed E-state index contributed by atoms with van der Waals surface area (Å²) in [4.78, 5) is 35.9. The first-order valence-electron chi connectivity index (χ1n) is 9.04. The molecule has 0 spiro atoms. The highest BCUT2D eigenvalue weighted by molar-refractivity contribution is 7.15. The maximum absolute atomic E-state index is 12.6. The molecule has 4 rings (SSSR count). The van der Waals surface area contributed by atoms with Crippen molar-refractivity contribution < 1.29 is 9.59 Å². The Morgan fingerprint density at radius 2 is 2.15 bits per heavy atom. The number of pyridine rings is 1. The summed E-state index contributed by atoms with van der Waals surface area (Å²) in [5, 5.41) is 0.780. The van der Waals surface area contributed by atoms with Crippen molar-refractivity contribution in [1.29, 1.82) is 0 Å². The van der Waals surface area contributed by atoms with E-state index in [1.807, 2.05) is 19.2 Å². The van der Waals surface area contributed by atoms with Gasteiger partial charge in [-0.15, -0.1) is 11.3 Å². The van der Waals surface area contributed by atoms with Crippen molar-refractivity contribution in [3.63, 3.8) is 0 Å². The third-order valence-electron chi connectivity index (χ3n) is 5.08. The van der Waals surface area contributed by atoms with Crippen molar-refractivity contribution in [2.75, 3.05) is 6.54 Å². The Kier molecular flexibility index (Phi) is 4.48. The lowest BCUT2D eigenvalue weighted by atomic mass is 10.1. The molecule has 1 aliphatic heterocycles. The third kappa shape index (κ3) is 3.35. The molecule has 3 heterocycles. The normalized spacial score (nSPS) is 19.7. The second kappa shape index (κ2) is 6.79. The van der Waals surface area contributed by atoms with Crippen LogP contribution in [0.15, 0.2) is 18.3 Å². The summed E-state index contributed by atoms with van der Waals surface area (Å²) in [7, 11) is 0. The van der Waals surface area contributed by atoms with Gasteiger partial charge in [0.1, 0.15) is 11.0 Å². The van der Waals surface area contributed by atoms with E-state index in [9.17, 15) is 9.59 Å². The third-order valence-corrected chi connectivity index (χ3v) is 6.29. The van der Waals surface area contributed by atoms with Gasteiger partial charge in [-0.25, -0.2) is 4.98 Å². The van der Waals surface area contributed by atoms with E-state index in [0.29, 0.717) is 18.9 Å². The van der Waals surface area contributed by atoms with Crippen LogP contribution in [0.25, 0.3) is 10.4 Å². The monoisotopic (exact) mass is 370 g/mol. The number of hydrogen-bond donors (Lipinski definition) is 1. The number of hydrogen-bond acceptors (Lipinski definition) is 5. The molecule has 136 valence electrons. The van der Waals surface area contributed by atoms with Gasteiger partial charge in [0, 0.05) is 24.4 Å². The molecule has 0 bridgehead atoms. The van der Waals surface area contributed by atoms with E-state index >= 15 is 0 Å². The summed E-state index contributed by atoms with van der Waals surface area (Å²) in [5.41, 5.74) is 8.61. The fourth-order valence-electron chi connectivity index (χ4n) is 3.58. The standard InChI is InChI=1S/C19H22N4O2S/c1-11-18(13-6-7-21-14(9-13)12-4-5-12)26-16(22-11)10-17(24)23-8-2-3-15(23)19(20)25/h6-7,9,12,15H,2-5,8,10H2,1H3,(H2,20,25)/t15-/m0/s1. The number of likely N-dealkylation sites (tertiary alicyclic amines) is 1. The molecular formula is C19H22N4O2S. The van der Waals surface area contributed by atoms with Gasteiger partial charge in [0.15, 0.2) is 0 Å². The highest BCUT2D eigenvalue weighted by atomic mass is 32.1. The van der Waals surface area contributed by atoms with E-state index in [1.165, 1.54) is 12.8 Å². The molecule has 1 saturated heterocycles. The lowest BCUT2D eigenvalue weighted by molar-refractivity contribution is -0.136. The topological polar surface area (TPSA) is 89.2 Å². The van der Waals surface area contributed by atoms with Crippen LogP contribution >= 0.6 is 11.3 Å². The van der Waals surface area contributed by atoms with Gasteiger partial charge in [-0.1, -0.05) is 0 Å². The SMILES string of the molecule is Cc1nc(CC(=O)N2CCC[C@H]2C(N)=O)sc1-c1ccnc(C2CC2)c1. The maximum atomic E-state index is 12.6. The molecule has 0 radical (unpaired) electrons. The summed E-state index contributed by atoms with van der Waals surface area (Å²) in [5.74, 6) is 0.112. The Morgan fingerprint density at radius 1 is 1.35 bits per heavy atom. The first kappa shape index (κ1) is 17.1. The lowest BCUT2D eigenvalue weighted by Gasteiger charge is -2.21. The second-order valence-electron chi connectivity index (χ2n) is 7.09. The molecule has 26 heavy (non-hydrogen) atoms. The first-order valence-corrected chi connectivity index (χ1v) is 9.86. The van der Waals surface area contributed by atoms with Crippen LogP contribution in [0.3, 0.4) is 0 Å². The molecule has 2 aliphatic rings. The van der Waals surface area contributed by atoms with Crippen LogP contribution in [0.5, 0.6) is 0 Å². The van der Waals surface area contributed by atoms with Crippen LogP contribution in [0.2, 0.25) is 0 Å². The fraction of sp³-hybridized carbons (Fsp3) is 0.474. The molecule has 0 aromatic carbocycles. The molecule has 2 amide bonds. The van der Waals surface area contributed by atoms with Gasteiger partial charge in [-0.05, 0) is 50.3 Å². The Bertz CT molecular complexity index is 859. The van der Waals surface area contributed by atoms with E-state index in [2.05, 4.69) is 16.0 Å². The van der Waals surface area contributed by atoms with E-state index < -0.39 is 11.9 Å². The number of aryl methyl sites for hydroxylation is 1. The molecule has 2 aromatic heterocycles. The van der Waals surface area contributed by atoms with Crippen LogP contribution < -0.4 is 5.73 Å². The summed E-state index contributed by atoms with van der Waals surface area (Å²) >= 11 is 1.55. The number of nitrogens with zero attached hydrogens (tertiary/aromatic N) is 3. The van der Waals surface area contributed by atoms with Gasteiger partial charge in [0.25, 0.3) is 0 Å². The summed E-state index contributed by atoms with van der Waals surface area (Å²) in [6.07, 6.45) is 5.99.